The summed E-state index contributed by atoms with van der Waals surface area (Å²) in [5, 5.41) is 9.51. The predicted octanol–water partition coefficient (Wildman–Crippen LogP) is 4.75. The van der Waals surface area contributed by atoms with Crippen LogP contribution in [0.5, 0.6) is 0 Å². The zero-order valence-corrected chi connectivity index (χ0v) is 16.2. The Kier molecular flexibility index (Phi) is 3.49. The minimum atomic E-state index is -0.266. The predicted molar refractivity (Wildman–Crippen MR) is 105 cm³/mol. The van der Waals surface area contributed by atoms with E-state index in [4.69, 9.17) is 0 Å². The van der Waals surface area contributed by atoms with Crippen molar-refractivity contribution in [3.8, 4) is 11.3 Å². The first-order chi connectivity index (χ1) is 13.6. The number of rotatable bonds is 3. The Morgan fingerprint density at radius 2 is 1.75 bits per heavy atom. The minimum absolute atomic E-state index is 0.105. The van der Waals surface area contributed by atoms with E-state index in [-0.39, 0.29) is 17.1 Å². The molecule has 1 aromatic carbocycles. The van der Waals surface area contributed by atoms with E-state index in [0.717, 1.165) is 53.2 Å². The van der Waals surface area contributed by atoms with Gasteiger partial charge in [0.1, 0.15) is 5.82 Å². The zero-order chi connectivity index (χ0) is 18.9. The molecule has 5 nitrogen and oxygen atoms in total. The molecular weight excluding hydrogens is 375 g/mol. The van der Waals surface area contributed by atoms with Crippen LogP contribution in [-0.4, -0.2) is 20.5 Å². The van der Waals surface area contributed by atoms with Crippen LogP contribution in [0.1, 0.15) is 38.5 Å². The molecule has 4 fully saturated rings. The second-order valence-corrected chi connectivity index (χ2v) is 9.75. The van der Waals surface area contributed by atoms with Crippen LogP contribution in [0.15, 0.2) is 29.6 Å². The van der Waals surface area contributed by atoms with Gasteiger partial charge in [0, 0.05) is 10.9 Å². The molecule has 0 atom stereocenters. The number of hydrogen-bond acceptors (Lipinski definition) is 4. The Hall–Kier alpha value is -2.28. The maximum absolute atomic E-state index is 13.2. The van der Waals surface area contributed by atoms with Crippen molar-refractivity contribution < 1.29 is 9.18 Å². The van der Waals surface area contributed by atoms with Crippen LogP contribution < -0.4 is 5.32 Å². The lowest BCUT2D eigenvalue weighted by Crippen LogP contribution is -2.51. The van der Waals surface area contributed by atoms with E-state index in [9.17, 15) is 9.18 Å². The van der Waals surface area contributed by atoms with Crippen LogP contribution in [0.3, 0.4) is 0 Å². The number of nitrogens with zero attached hydrogens (tertiary/aromatic N) is 3. The van der Waals surface area contributed by atoms with Gasteiger partial charge >= 0.3 is 0 Å². The second kappa shape index (κ2) is 5.86. The molecule has 0 unspecified atom stereocenters. The van der Waals surface area contributed by atoms with Gasteiger partial charge < -0.3 is 0 Å². The maximum atomic E-state index is 13.2. The van der Waals surface area contributed by atoms with E-state index < -0.39 is 0 Å². The van der Waals surface area contributed by atoms with Crippen LogP contribution in [0, 0.1) is 29.0 Å². The van der Waals surface area contributed by atoms with Crippen LogP contribution in [0.25, 0.3) is 16.2 Å². The highest BCUT2D eigenvalue weighted by atomic mass is 32.1. The Balaban J connectivity index is 1.28. The summed E-state index contributed by atoms with van der Waals surface area (Å²) in [5.74, 6) is 2.38. The third-order valence-corrected chi connectivity index (χ3v) is 7.78. The van der Waals surface area contributed by atoms with Gasteiger partial charge in [0.15, 0.2) is 0 Å². The van der Waals surface area contributed by atoms with Crippen molar-refractivity contribution in [2.45, 2.75) is 38.5 Å². The Labute approximate surface area is 166 Å². The monoisotopic (exact) mass is 396 g/mol. The molecule has 7 rings (SSSR count). The van der Waals surface area contributed by atoms with Gasteiger partial charge in [-0.1, -0.05) is 0 Å². The number of carbonyl (C=O) groups is 1. The summed E-state index contributed by atoms with van der Waals surface area (Å²) in [6.07, 6.45) is 7.00. The highest BCUT2D eigenvalue weighted by molar-refractivity contribution is 7.15. The average Bonchev–Trinajstić information content (AvgIpc) is 3.21. The van der Waals surface area contributed by atoms with E-state index in [1.54, 1.807) is 16.6 Å². The lowest BCUT2D eigenvalue weighted by atomic mass is 9.49. The van der Waals surface area contributed by atoms with Gasteiger partial charge in [-0.15, -0.1) is 16.4 Å². The SMILES string of the molecule is O=C(Nc1nc2scc(-c3ccc(F)cc3)n2n1)C12CC3CC(CC(C3)C1)C2. The number of aromatic nitrogens is 3. The Morgan fingerprint density at radius 3 is 2.39 bits per heavy atom. The molecule has 0 radical (unpaired) electrons. The number of amides is 1. The average molecular weight is 396 g/mol. The second-order valence-electron chi connectivity index (χ2n) is 8.91. The number of carbonyl (C=O) groups excluding carboxylic acids is 1. The molecule has 28 heavy (non-hydrogen) atoms. The van der Waals surface area contributed by atoms with Gasteiger partial charge in [-0.2, -0.15) is 4.98 Å². The molecule has 4 aliphatic rings. The van der Waals surface area contributed by atoms with Crippen molar-refractivity contribution in [3.63, 3.8) is 0 Å². The number of benzene rings is 1. The lowest BCUT2D eigenvalue weighted by Gasteiger charge is -2.55. The van der Waals surface area contributed by atoms with Crippen molar-refractivity contribution in [2.24, 2.45) is 23.2 Å². The van der Waals surface area contributed by atoms with Gasteiger partial charge in [-0.05, 0) is 80.5 Å². The molecule has 1 amide bonds. The van der Waals surface area contributed by atoms with Gasteiger partial charge in [-0.3, -0.25) is 10.1 Å². The van der Waals surface area contributed by atoms with Crippen LogP contribution >= 0.6 is 11.3 Å². The highest BCUT2D eigenvalue weighted by Gasteiger charge is 2.54. The summed E-state index contributed by atoms with van der Waals surface area (Å²) in [6, 6.07) is 6.33. The van der Waals surface area contributed by atoms with E-state index in [1.807, 2.05) is 5.38 Å². The summed E-state index contributed by atoms with van der Waals surface area (Å²) in [5.41, 5.74) is 1.51. The molecule has 0 spiro atoms. The van der Waals surface area contributed by atoms with Gasteiger partial charge in [-0.25, -0.2) is 8.91 Å². The molecule has 2 heterocycles. The molecular formula is C21H21FN4OS. The molecule has 3 aromatic rings. The Bertz CT molecular complexity index is 1030. The van der Waals surface area contributed by atoms with Gasteiger partial charge in [0.05, 0.1) is 11.1 Å². The zero-order valence-electron chi connectivity index (χ0n) is 15.4. The number of halogens is 1. The topological polar surface area (TPSA) is 59.3 Å². The van der Waals surface area contributed by atoms with E-state index >= 15 is 0 Å². The lowest BCUT2D eigenvalue weighted by molar-refractivity contribution is -0.140. The molecule has 2 aromatic heterocycles. The molecule has 7 heteroatoms. The normalized spacial score (nSPS) is 30.8. The third kappa shape index (κ3) is 2.52. The summed E-state index contributed by atoms with van der Waals surface area (Å²) in [4.78, 5) is 18.4. The smallest absolute Gasteiger partial charge is 0.250 e. The Morgan fingerprint density at radius 1 is 1.11 bits per heavy atom. The number of nitrogens with one attached hydrogen (secondary N) is 1. The molecule has 4 aliphatic carbocycles. The van der Waals surface area contributed by atoms with E-state index in [2.05, 4.69) is 15.4 Å². The molecule has 1 N–H and O–H groups in total. The van der Waals surface area contributed by atoms with E-state index in [1.165, 1.54) is 42.7 Å². The molecule has 0 saturated heterocycles. The minimum Gasteiger partial charge on any atom is -0.293 e. The third-order valence-electron chi connectivity index (χ3n) is 6.97. The summed E-state index contributed by atoms with van der Waals surface area (Å²) < 4.78 is 14.9. The quantitative estimate of drug-likeness (QED) is 0.695. The summed E-state index contributed by atoms with van der Waals surface area (Å²) in [6.45, 7) is 0. The highest BCUT2D eigenvalue weighted by Crippen LogP contribution is 2.60. The first-order valence-corrected chi connectivity index (χ1v) is 10.9. The molecule has 144 valence electrons. The largest absolute Gasteiger partial charge is 0.293 e. The first kappa shape index (κ1) is 16.7. The van der Waals surface area contributed by atoms with Crippen LogP contribution in [0.2, 0.25) is 0 Å². The summed E-state index contributed by atoms with van der Waals surface area (Å²) >= 11 is 1.46. The fraction of sp³-hybridized carbons (Fsp3) is 0.476. The number of thiazole rings is 1. The summed E-state index contributed by atoms with van der Waals surface area (Å²) in [7, 11) is 0. The van der Waals surface area contributed by atoms with Crippen molar-refractivity contribution in [1.29, 1.82) is 0 Å². The van der Waals surface area contributed by atoms with Crippen molar-refractivity contribution >= 4 is 28.2 Å². The fourth-order valence-electron chi connectivity index (χ4n) is 6.18. The molecule has 0 aliphatic heterocycles. The number of hydrogen-bond donors (Lipinski definition) is 1. The standard InChI is InChI=1S/C21H21FN4OS/c22-16-3-1-15(2-4-16)17-11-28-20-24-19(25-26(17)20)23-18(27)21-8-12-5-13(9-21)7-14(6-12)10-21/h1-4,11-14H,5-10H2,(H,23,25,27). The van der Waals surface area contributed by atoms with Crippen LogP contribution in [-0.2, 0) is 4.79 Å². The van der Waals surface area contributed by atoms with Gasteiger partial charge in [0.25, 0.3) is 0 Å². The van der Waals surface area contributed by atoms with Gasteiger partial charge in [0.2, 0.25) is 16.8 Å². The fourth-order valence-corrected chi connectivity index (χ4v) is 7.01. The number of anilines is 1. The number of fused-ring (bicyclic) bond motifs is 1. The van der Waals surface area contributed by atoms with Crippen molar-refractivity contribution in [1.82, 2.24) is 14.6 Å². The molecule has 4 bridgehead atoms. The molecule has 4 saturated carbocycles. The van der Waals surface area contributed by atoms with Crippen molar-refractivity contribution in [2.75, 3.05) is 5.32 Å². The maximum Gasteiger partial charge on any atom is 0.250 e. The van der Waals surface area contributed by atoms with Crippen LogP contribution in [0.4, 0.5) is 10.3 Å². The first-order valence-electron chi connectivity index (χ1n) is 10.00. The van der Waals surface area contributed by atoms with E-state index in [0.29, 0.717) is 5.95 Å². The van der Waals surface area contributed by atoms with Crippen molar-refractivity contribution in [3.05, 3.63) is 35.5 Å².